The van der Waals surface area contributed by atoms with Gasteiger partial charge in [-0.05, 0) is 24.0 Å². The van der Waals surface area contributed by atoms with E-state index in [1.54, 1.807) is 0 Å². The van der Waals surface area contributed by atoms with Crippen molar-refractivity contribution in [3.63, 3.8) is 0 Å². The SMILES string of the molecule is CCC(CC)NC(=O)NCc1ccc(CO)cc1. The number of nitrogens with one attached hydrogen (secondary N) is 2. The van der Waals surface area contributed by atoms with E-state index in [2.05, 4.69) is 24.5 Å². The molecule has 18 heavy (non-hydrogen) atoms. The summed E-state index contributed by atoms with van der Waals surface area (Å²) in [6.07, 6.45) is 1.88. The molecule has 4 heteroatoms. The number of amides is 2. The van der Waals surface area contributed by atoms with Crippen LogP contribution in [0.1, 0.15) is 37.8 Å². The highest BCUT2D eigenvalue weighted by atomic mass is 16.3. The van der Waals surface area contributed by atoms with Crippen LogP contribution >= 0.6 is 0 Å². The maximum Gasteiger partial charge on any atom is 0.315 e. The summed E-state index contributed by atoms with van der Waals surface area (Å²) in [5, 5.41) is 14.7. The van der Waals surface area contributed by atoms with Crippen molar-refractivity contribution in [1.29, 1.82) is 0 Å². The highest BCUT2D eigenvalue weighted by Crippen LogP contribution is 2.04. The molecule has 0 saturated carbocycles. The quantitative estimate of drug-likeness (QED) is 0.724. The normalized spacial score (nSPS) is 10.4. The maximum atomic E-state index is 11.6. The molecule has 0 heterocycles. The molecule has 0 spiro atoms. The smallest absolute Gasteiger partial charge is 0.315 e. The Morgan fingerprint density at radius 3 is 2.22 bits per heavy atom. The molecular formula is C14H22N2O2. The molecule has 0 aromatic heterocycles. The highest BCUT2D eigenvalue weighted by Gasteiger charge is 2.07. The first-order chi connectivity index (χ1) is 8.69. The molecule has 2 amide bonds. The van der Waals surface area contributed by atoms with Crippen LogP contribution in [0.2, 0.25) is 0 Å². The van der Waals surface area contributed by atoms with Gasteiger partial charge in [0.05, 0.1) is 6.61 Å². The first-order valence-electron chi connectivity index (χ1n) is 6.42. The zero-order valence-electron chi connectivity index (χ0n) is 11.1. The van der Waals surface area contributed by atoms with Gasteiger partial charge in [-0.1, -0.05) is 38.1 Å². The molecule has 0 saturated heterocycles. The molecule has 1 aromatic carbocycles. The monoisotopic (exact) mass is 250 g/mol. The van der Waals surface area contributed by atoms with E-state index in [9.17, 15) is 4.79 Å². The largest absolute Gasteiger partial charge is 0.392 e. The molecule has 4 nitrogen and oxygen atoms in total. The van der Waals surface area contributed by atoms with E-state index in [-0.39, 0.29) is 18.7 Å². The standard InChI is InChI=1S/C14H22N2O2/c1-3-13(4-2)16-14(18)15-9-11-5-7-12(10-17)8-6-11/h5-8,13,17H,3-4,9-10H2,1-2H3,(H2,15,16,18). The minimum absolute atomic E-state index is 0.0445. The third-order valence-electron chi connectivity index (χ3n) is 2.98. The number of benzene rings is 1. The lowest BCUT2D eigenvalue weighted by atomic mass is 10.1. The third kappa shape index (κ3) is 4.75. The van der Waals surface area contributed by atoms with Gasteiger partial charge in [-0.2, -0.15) is 0 Å². The first-order valence-corrected chi connectivity index (χ1v) is 6.42. The molecule has 0 atom stereocenters. The number of aliphatic hydroxyl groups is 1. The van der Waals surface area contributed by atoms with Crippen molar-refractivity contribution in [2.45, 2.75) is 45.9 Å². The molecule has 0 aliphatic carbocycles. The van der Waals surface area contributed by atoms with Crippen LogP contribution in [0.3, 0.4) is 0 Å². The molecule has 1 aromatic rings. The number of hydrogen-bond acceptors (Lipinski definition) is 2. The zero-order valence-corrected chi connectivity index (χ0v) is 11.1. The Bertz CT molecular complexity index is 359. The molecular weight excluding hydrogens is 228 g/mol. The number of urea groups is 1. The summed E-state index contributed by atoms with van der Waals surface area (Å²) in [6.45, 7) is 4.66. The molecule has 0 fully saturated rings. The number of aliphatic hydroxyl groups excluding tert-OH is 1. The van der Waals surface area contributed by atoms with Gasteiger partial charge in [0, 0.05) is 12.6 Å². The average Bonchev–Trinajstić information content (AvgIpc) is 2.43. The van der Waals surface area contributed by atoms with Gasteiger partial charge in [0.15, 0.2) is 0 Å². The highest BCUT2D eigenvalue weighted by molar-refractivity contribution is 5.74. The number of carbonyl (C=O) groups excluding carboxylic acids is 1. The number of carbonyl (C=O) groups is 1. The third-order valence-corrected chi connectivity index (χ3v) is 2.98. The summed E-state index contributed by atoms with van der Waals surface area (Å²) in [6, 6.07) is 7.63. The van der Waals surface area contributed by atoms with Gasteiger partial charge in [-0.15, -0.1) is 0 Å². The topological polar surface area (TPSA) is 61.4 Å². The Hall–Kier alpha value is -1.55. The van der Waals surface area contributed by atoms with Crippen LogP contribution in [0, 0.1) is 0 Å². The van der Waals surface area contributed by atoms with E-state index < -0.39 is 0 Å². The second-order valence-electron chi connectivity index (χ2n) is 4.32. The lowest BCUT2D eigenvalue weighted by Crippen LogP contribution is -2.41. The van der Waals surface area contributed by atoms with E-state index in [4.69, 9.17) is 5.11 Å². The Morgan fingerprint density at radius 2 is 1.72 bits per heavy atom. The van der Waals surface area contributed by atoms with Gasteiger partial charge < -0.3 is 15.7 Å². The minimum Gasteiger partial charge on any atom is -0.392 e. The number of rotatable bonds is 6. The van der Waals surface area contributed by atoms with Crippen molar-refractivity contribution in [1.82, 2.24) is 10.6 Å². The maximum absolute atomic E-state index is 11.6. The first kappa shape index (κ1) is 14.5. The minimum atomic E-state index is -0.130. The molecule has 3 N–H and O–H groups in total. The van der Waals surface area contributed by atoms with E-state index in [0.29, 0.717) is 6.54 Å². The van der Waals surface area contributed by atoms with Crippen molar-refractivity contribution in [3.05, 3.63) is 35.4 Å². The van der Waals surface area contributed by atoms with Crippen LogP contribution in [0.4, 0.5) is 4.79 Å². The van der Waals surface area contributed by atoms with E-state index in [1.165, 1.54) is 0 Å². The predicted octanol–water partition coefficient (Wildman–Crippen LogP) is 2.17. The van der Waals surface area contributed by atoms with Crippen LogP contribution in [0.5, 0.6) is 0 Å². The lowest BCUT2D eigenvalue weighted by molar-refractivity contribution is 0.235. The van der Waals surface area contributed by atoms with Gasteiger partial charge in [0.25, 0.3) is 0 Å². The zero-order chi connectivity index (χ0) is 13.4. The van der Waals surface area contributed by atoms with Crippen molar-refractivity contribution in [2.75, 3.05) is 0 Å². The fourth-order valence-electron chi connectivity index (χ4n) is 1.67. The van der Waals surface area contributed by atoms with E-state index in [0.717, 1.165) is 24.0 Å². The van der Waals surface area contributed by atoms with E-state index >= 15 is 0 Å². The average molecular weight is 250 g/mol. The fourth-order valence-corrected chi connectivity index (χ4v) is 1.67. The second kappa shape index (κ2) is 7.71. The van der Waals surface area contributed by atoms with Crippen LogP contribution in [-0.2, 0) is 13.2 Å². The predicted molar refractivity (Wildman–Crippen MR) is 72.1 cm³/mol. The van der Waals surface area contributed by atoms with Gasteiger partial charge in [-0.3, -0.25) is 0 Å². The molecule has 1 rings (SSSR count). The molecule has 0 aliphatic heterocycles. The van der Waals surface area contributed by atoms with E-state index in [1.807, 2.05) is 24.3 Å². The van der Waals surface area contributed by atoms with Crippen LogP contribution in [0.15, 0.2) is 24.3 Å². The Kier molecular flexibility index (Phi) is 6.22. The fraction of sp³-hybridized carbons (Fsp3) is 0.500. The molecule has 0 aliphatic rings. The summed E-state index contributed by atoms with van der Waals surface area (Å²) in [7, 11) is 0. The molecule has 0 bridgehead atoms. The van der Waals surface area contributed by atoms with Crippen LogP contribution in [0.25, 0.3) is 0 Å². The molecule has 100 valence electrons. The Morgan fingerprint density at radius 1 is 1.17 bits per heavy atom. The van der Waals surface area contributed by atoms with Crippen molar-refractivity contribution < 1.29 is 9.90 Å². The second-order valence-corrected chi connectivity index (χ2v) is 4.32. The van der Waals surface area contributed by atoms with Gasteiger partial charge in [0.1, 0.15) is 0 Å². The van der Waals surface area contributed by atoms with Crippen molar-refractivity contribution in [2.24, 2.45) is 0 Å². The summed E-state index contributed by atoms with van der Waals surface area (Å²) in [5.74, 6) is 0. The Labute approximate surface area is 108 Å². The van der Waals surface area contributed by atoms with Crippen molar-refractivity contribution >= 4 is 6.03 Å². The summed E-state index contributed by atoms with van der Waals surface area (Å²) in [5.41, 5.74) is 1.90. The summed E-state index contributed by atoms with van der Waals surface area (Å²) >= 11 is 0. The lowest BCUT2D eigenvalue weighted by Gasteiger charge is -2.15. The number of hydrogen-bond donors (Lipinski definition) is 3. The summed E-state index contributed by atoms with van der Waals surface area (Å²) < 4.78 is 0. The van der Waals surface area contributed by atoms with Gasteiger partial charge >= 0.3 is 6.03 Å². The van der Waals surface area contributed by atoms with Crippen LogP contribution < -0.4 is 10.6 Å². The molecule has 0 unspecified atom stereocenters. The summed E-state index contributed by atoms with van der Waals surface area (Å²) in [4.78, 5) is 11.6. The van der Waals surface area contributed by atoms with Crippen molar-refractivity contribution in [3.8, 4) is 0 Å². The Balaban J connectivity index is 2.37. The van der Waals surface area contributed by atoms with Gasteiger partial charge in [0.2, 0.25) is 0 Å². The molecule has 0 radical (unpaired) electrons. The van der Waals surface area contributed by atoms with Gasteiger partial charge in [-0.25, -0.2) is 4.79 Å². The van der Waals surface area contributed by atoms with Crippen LogP contribution in [-0.4, -0.2) is 17.2 Å².